The highest BCUT2D eigenvalue weighted by atomic mass is 79.9. The second kappa shape index (κ2) is 5.27. The zero-order valence-electron chi connectivity index (χ0n) is 10.5. The van der Waals surface area contributed by atoms with Crippen LogP contribution in [0.3, 0.4) is 0 Å². The lowest BCUT2D eigenvalue weighted by Crippen LogP contribution is -2.42. The van der Waals surface area contributed by atoms with Gasteiger partial charge in [-0.3, -0.25) is 4.98 Å². The van der Waals surface area contributed by atoms with E-state index in [1.807, 2.05) is 0 Å². The molecule has 1 aliphatic heterocycles. The lowest BCUT2D eigenvalue weighted by atomic mass is 9.94. The predicted octanol–water partition coefficient (Wildman–Crippen LogP) is 2.51. The van der Waals surface area contributed by atoms with Crippen molar-refractivity contribution in [3.05, 3.63) is 22.9 Å². The first-order chi connectivity index (χ1) is 8.39. The predicted molar refractivity (Wildman–Crippen MR) is 73.6 cm³/mol. The molecule has 2 atom stereocenters. The fourth-order valence-electron chi connectivity index (χ4n) is 2.48. The molecule has 1 aromatic rings. The van der Waals surface area contributed by atoms with Gasteiger partial charge in [-0.1, -0.05) is 13.8 Å². The summed E-state index contributed by atoms with van der Waals surface area (Å²) in [6, 6.07) is 1.60. The Bertz CT molecular complexity index is 523. The zero-order valence-corrected chi connectivity index (χ0v) is 12.9. The van der Waals surface area contributed by atoms with Crippen molar-refractivity contribution in [2.75, 3.05) is 13.1 Å². The summed E-state index contributed by atoms with van der Waals surface area (Å²) in [7, 11) is -3.41. The molecule has 0 N–H and O–H groups in total. The average Bonchev–Trinajstić information content (AvgIpc) is 2.27. The summed E-state index contributed by atoms with van der Waals surface area (Å²) in [4.78, 5) is 4.19. The number of aromatic nitrogens is 1. The van der Waals surface area contributed by atoms with Gasteiger partial charge in [0.1, 0.15) is 4.90 Å². The number of nitrogens with zero attached hydrogens (tertiary/aromatic N) is 2. The van der Waals surface area contributed by atoms with Gasteiger partial charge in [0.2, 0.25) is 10.0 Å². The number of hydrogen-bond acceptors (Lipinski definition) is 3. The minimum atomic E-state index is -3.41. The Morgan fingerprint density at radius 2 is 1.89 bits per heavy atom. The number of sulfonamides is 1. The highest BCUT2D eigenvalue weighted by molar-refractivity contribution is 9.10. The van der Waals surface area contributed by atoms with Crippen molar-refractivity contribution in [1.29, 1.82) is 0 Å². The van der Waals surface area contributed by atoms with E-state index in [1.54, 1.807) is 16.6 Å². The second-order valence-corrected chi connectivity index (χ2v) is 7.96. The average molecular weight is 333 g/mol. The maximum Gasteiger partial charge on any atom is 0.244 e. The summed E-state index contributed by atoms with van der Waals surface area (Å²) in [6.07, 6.45) is 4.08. The van der Waals surface area contributed by atoms with E-state index in [-0.39, 0.29) is 4.90 Å². The van der Waals surface area contributed by atoms with Gasteiger partial charge >= 0.3 is 0 Å². The normalized spacial score (nSPS) is 26.2. The molecule has 0 saturated carbocycles. The fraction of sp³-hybridized carbons (Fsp3) is 0.583. The summed E-state index contributed by atoms with van der Waals surface area (Å²) < 4.78 is 27.3. The highest BCUT2D eigenvalue weighted by Crippen LogP contribution is 2.27. The zero-order chi connectivity index (χ0) is 13.3. The molecule has 2 rings (SSSR count). The molecule has 0 unspecified atom stereocenters. The van der Waals surface area contributed by atoms with Crippen LogP contribution in [-0.2, 0) is 10.0 Å². The van der Waals surface area contributed by atoms with Gasteiger partial charge in [0, 0.05) is 30.0 Å². The van der Waals surface area contributed by atoms with E-state index in [2.05, 4.69) is 34.8 Å². The van der Waals surface area contributed by atoms with E-state index >= 15 is 0 Å². The quantitative estimate of drug-likeness (QED) is 0.836. The van der Waals surface area contributed by atoms with Crippen LogP contribution >= 0.6 is 15.9 Å². The Labute approximate surface area is 117 Å². The van der Waals surface area contributed by atoms with Crippen LogP contribution in [0, 0.1) is 11.8 Å². The van der Waals surface area contributed by atoms with Crippen LogP contribution in [0.15, 0.2) is 27.8 Å². The molecule has 1 fully saturated rings. The van der Waals surface area contributed by atoms with Crippen LogP contribution in [0.25, 0.3) is 0 Å². The molecule has 18 heavy (non-hydrogen) atoms. The number of rotatable bonds is 2. The third-order valence-corrected chi connectivity index (χ3v) is 5.38. The number of piperidine rings is 1. The minimum absolute atomic E-state index is 0.262. The molecule has 0 aromatic carbocycles. The van der Waals surface area contributed by atoms with Gasteiger partial charge in [-0.05, 0) is 40.3 Å². The van der Waals surface area contributed by atoms with E-state index in [1.165, 1.54) is 6.20 Å². The Balaban J connectivity index is 2.31. The first-order valence-electron chi connectivity index (χ1n) is 6.00. The van der Waals surface area contributed by atoms with Crippen molar-refractivity contribution < 1.29 is 8.42 Å². The number of pyridine rings is 1. The van der Waals surface area contributed by atoms with Crippen molar-refractivity contribution in [1.82, 2.24) is 9.29 Å². The van der Waals surface area contributed by atoms with Crippen LogP contribution in [0.1, 0.15) is 20.3 Å². The molecule has 0 amide bonds. The Morgan fingerprint density at radius 1 is 1.28 bits per heavy atom. The molecule has 2 heterocycles. The van der Waals surface area contributed by atoms with E-state index in [0.717, 1.165) is 6.42 Å². The van der Waals surface area contributed by atoms with Gasteiger partial charge in [0.15, 0.2) is 0 Å². The monoisotopic (exact) mass is 332 g/mol. The third kappa shape index (κ3) is 2.92. The van der Waals surface area contributed by atoms with Gasteiger partial charge < -0.3 is 0 Å². The molecule has 0 radical (unpaired) electrons. The smallest absolute Gasteiger partial charge is 0.244 e. The fourth-order valence-corrected chi connectivity index (χ4v) is 4.67. The van der Waals surface area contributed by atoms with Crippen molar-refractivity contribution >= 4 is 26.0 Å². The van der Waals surface area contributed by atoms with E-state index in [4.69, 9.17) is 0 Å². The molecule has 1 aliphatic rings. The van der Waals surface area contributed by atoms with E-state index in [9.17, 15) is 8.42 Å². The molecule has 4 nitrogen and oxygen atoms in total. The molecule has 100 valence electrons. The lowest BCUT2D eigenvalue weighted by molar-refractivity contribution is 0.222. The van der Waals surface area contributed by atoms with Gasteiger partial charge in [0.25, 0.3) is 0 Å². The summed E-state index contributed by atoms with van der Waals surface area (Å²) in [5.41, 5.74) is 0. The molecular formula is C12H17BrN2O2S. The van der Waals surface area contributed by atoms with Gasteiger partial charge in [-0.2, -0.15) is 4.31 Å². The molecule has 1 aromatic heterocycles. The maximum atomic E-state index is 12.5. The number of hydrogen-bond donors (Lipinski definition) is 0. The molecule has 0 aliphatic carbocycles. The first-order valence-corrected chi connectivity index (χ1v) is 8.23. The summed E-state index contributed by atoms with van der Waals surface area (Å²) in [5.74, 6) is 0.812. The van der Waals surface area contributed by atoms with Crippen LogP contribution < -0.4 is 0 Å². The van der Waals surface area contributed by atoms with Crippen LogP contribution in [0.2, 0.25) is 0 Å². The minimum Gasteiger partial charge on any atom is -0.262 e. The van der Waals surface area contributed by atoms with Crippen molar-refractivity contribution in [2.45, 2.75) is 25.2 Å². The van der Waals surface area contributed by atoms with Crippen LogP contribution in [-0.4, -0.2) is 30.8 Å². The lowest BCUT2D eigenvalue weighted by Gasteiger charge is -2.33. The Hall–Kier alpha value is -0.460. The van der Waals surface area contributed by atoms with E-state index < -0.39 is 10.0 Å². The van der Waals surface area contributed by atoms with Gasteiger partial charge in [0.05, 0.1) is 0 Å². The molecular weight excluding hydrogens is 316 g/mol. The van der Waals surface area contributed by atoms with Crippen molar-refractivity contribution in [2.24, 2.45) is 11.8 Å². The van der Waals surface area contributed by atoms with Gasteiger partial charge in [-0.15, -0.1) is 0 Å². The van der Waals surface area contributed by atoms with Crippen molar-refractivity contribution in [3.63, 3.8) is 0 Å². The largest absolute Gasteiger partial charge is 0.262 e. The highest BCUT2D eigenvalue weighted by Gasteiger charge is 2.31. The first kappa shape index (κ1) is 14.0. The van der Waals surface area contributed by atoms with Crippen LogP contribution in [0.5, 0.6) is 0 Å². The third-order valence-electron chi connectivity index (χ3n) is 3.15. The molecule has 1 saturated heterocycles. The maximum absolute atomic E-state index is 12.5. The number of halogens is 1. The van der Waals surface area contributed by atoms with Crippen LogP contribution in [0.4, 0.5) is 0 Å². The molecule has 0 spiro atoms. The summed E-state index contributed by atoms with van der Waals surface area (Å²) >= 11 is 3.26. The van der Waals surface area contributed by atoms with E-state index in [0.29, 0.717) is 29.4 Å². The standard InChI is InChI=1S/C12H17BrN2O2S/c1-9-3-10(2)8-15(7-9)18(16,17)12-4-11(13)5-14-6-12/h4-6,9-10H,3,7-8H2,1-2H3/t9-,10-/m1/s1. The van der Waals surface area contributed by atoms with Crippen molar-refractivity contribution in [3.8, 4) is 0 Å². The molecule has 6 heteroatoms. The molecule has 0 bridgehead atoms. The second-order valence-electron chi connectivity index (χ2n) is 5.11. The van der Waals surface area contributed by atoms with Gasteiger partial charge in [-0.25, -0.2) is 8.42 Å². The Kier molecular flexibility index (Phi) is 4.08. The SMILES string of the molecule is C[C@@H]1C[C@@H](C)CN(S(=O)(=O)c2cncc(Br)c2)C1. The summed E-state index contributed by atoms with van der Waals surface area (Å²) in [5, 5.41) is 0. The topological polar surface area (TPSA) is 50.3 Å². The summed E-state index contributed by atoms with van der Waals surface area (Å²) in [6.45, 7) is 5.38. The Morgan fingerprint density at radius 3 is 2.44 bits per heavy atom.